The van der Waals surface area contributed by atoms with Crippen molar-refractivity contribution in [1.29, 1.82) is 0 Å². The number of carbonyl (C=O) groups excluding carboxylic acids is 1. The minimum Gasteiger partial charge on any atom is -0.386 e. The molecule has 1 aromatic rings. The molecule has 1 saturated carbocycles. The summed E-state index contributed by atoms with van der Waals surface area (Å²) in [5.74, 6) is 0.524. The Morgan fingerprint density at radius 1 is 1.50 bits per heavy atom. The van der Waals surface area contributed by atoms with E-state index >= 15 is 0 Å². The van der Waals surface area contributed by atoms with Gasteiger partial charge in [-0.2, -0.15) is 0 Å². The molecule has 1 fully saturated rings. The van der Waals surface area contributed by atoms with Crippen LogP contribution in [-0.2, 0) is 0 Å². The largest absolute Gasteiger partial charge is 0.386 e. The number of benzene rings is 1. The predicted octanol–water partition coefficient (Wildman–Crippen LogP) is 2.20. The van der Waals surface area contributed by atoms with Gasteiger partial charge in [-0.25, -0.2) is 9.79 Å². The molecule has 1 aromatic carbocycles. The number of hydrogen-bond donors (Lipinski definition) is 3. The van der Waals surface area contributed by atoms with Gasteiger partial charge in [-0.3, -0.25) is 0 Å². The summed E-state index contributed by atoms with van der Waals surface area (Å²) in [5, 5.41) is 5.59. The zero-order valence-electron chi connectivity index (χ0n) is 9.82. The smallest absolute Gasteiger partial charge is 0.319 e. The number of amides is 2. The van der Waals surface area contributed by atoms with Gasteiger partial charge in [0, 0.05) is 11.7 Å². The molecular formula is C12H15ClN4O. The number of hydrogen-bond acceptors (Lipinski definition) is 2. The van der Waals surface area contributed by atoms with Crippen LogP contribution in [0.25, 0.3) is 0 Å². The topological polar surface area (TPSA) is 79.5 Å². The lowest BCUT2D eigenvalue weighted by molar-refractivity contribution is 0.251. The third-order valence-corrected chi connectivity index (χ3v) is 2.70. The van der Waals surface area contributed by atoms with E-state index < -0.39 is 0 Å². The number of alkyl halides is 1. The van der Waals surface area contributed by atoms with Crippen LogP contribution in [0.2, 0.25) is 0 Å². The predicted molar refractivity (Wildman–Crippen MR) is 73.6 cm³/mol. The Morgan fingerprint density at radius 3 is 2.94 bits per heavy atom. The number of nitrogens with two attached hydrogens (primary N) is 1. The Kier molecular flexibility index (Phi) is 4.04. The van der Waals surface area contributed by atoms with E-state index in [2.05, 4.69) is 15.6 Å². The van der Waals surface area contributed by atoms with Gasteiger partial charge in [0.2, 0.25) is 0 Å². The molecule has 0 aliphatic heterocycles. The fourth-order valence-electron chi connectivity index (χ4n) is 1.43. The van der Waals surface area contributed by atoms with E-state index in [1.165, 1.54) is 0 Å². The van der Waals surface area contributed by atoms with E-state index in [0.717, 1.165) is 12.8 Å². The van der Waals surface area contributed by atoms with Crippen molar-refractivity contribution in [2.75, 3.05) is 11.2 Å². The summed E-state index contributed by atoms with van der Waals surface area (Å²) in [7, 11) is 0. The molecule has 1 aliphatic rings. The highest BCUT2D eigenvalue weighted by atomic mass is 35.5. The van der Waals surface area contributed by atoms with Crippen molar-refractivity contribution >= 4 is 34.8 Å². The first-order chi connectivity index (χ1) is 8.67. The van der Waals surface area contributed by atoms with Gasteiger partial charge in [-0.15, -0.1) is 11.6 Å². The number of nitrogens with zero attached hydrogens (tertiary/aromatic N) is 1. The Balaban J connectivity index is 1.99. The van der Waals surface area contributed by atoms with Crippen LogP contribution in [0.5, 0.6) is 0 Å². The zero-order chi connectivity index (χ0) is 13.0. The Hall–Kier alpha value is -1.75. The van der Waals surface area contributed by atoms with Crippen LogP contribution >= 0.6 is 11.6 Å². The fourth-order valence-corrected chi connectivity index (χ4v) is 1.49. The first kappa shape index (κ1) is 12.7. The second-order valence-corrected chi connectivity index (χ2v) is 4.43. The molecule has 96 valence electrons. The maximum Gasteiger partial charge on any atom is 0.319 e. The van der Waals surface area contributed by atoms with Crippen LogP contribution in [0.15, 0.2) is 29.3 Å². The first-order valence-electron chi connectivity index (χ1n) is 5.74. The molecule has 1 aliphatic carbocycles. The fraction of sp³-hybridized carbons (Fsp3) is 0.333. The van der Waals surface area contributed by atoms with Crippen molar-refractivity contribution < 1.29 is 4.79 Å². The lowest BCUT2D eigenvalue weighted by atomic mass is 10.3. The molecule has 0 spiro atoms. The second kappa shape index (κ2) is 5.73. The van der Waals surface area contributed by atoms with E-state index in [0.29, 0.717) is 23.3 Å². The van der Waals surface area contributed by atoms with Crippen LogP contribution in [0, 0.1) is 0 Å². The highest BCUT2D eigenvalue weighted by Gasteiger charge is 2.23. The molecule has 2 rings (SSSR count). The standard InChI is InChI=1S/C12H15ClN4O/c13-7-11(14)15-9-2-1-3-10(6-9)17-12(18)16-8-4-5-8/h1-3,6,8H,4-5,7H2,(H2,14,15)(H2,16,17,18). The van der Waals surface area contributed by atoms with Crippen molar-refractivity contribution in [2.45, 2.75) is 18.9 Å². The molecule has 18 heavy (non-hydrogen) atoms. The minimum atomic E-state index is -0.191. The molecule has 0 aromatic heterocycles. The molecule has 6 heteroatoms. The number of urea groups is 1. The normalized spacial score (nSPS) is 15.3. The van der Waals surface area contributed by atoms with Crippen LogP contribution < -0.4 is 16.4 Å². The third kappa shape index (κ3) is 3.92. The number of halogens is 1. The highest BCUT2D eigenvalue weighted by molar-refractivity contribution is 6.28. The van der Waals surface area contributed by atoms with Gasteiger partial charge in [0.15, 0.2) is 0 Å². The SMILES string of the molecule is NC(CCl)=Nc1cccc(NC(=O)NC2CC2)c1. The maximum absolute atomic E-state index is 11.5. The Morgan fingerprint density at radius 2 is 2.28 bits per heavy atom. The monoisotopic (exact) mass is 266 g/mol. The van der Waals surface area contributed by atoms with Crippen molar-refractivity contribution in [3.05, 3.63) is 24.3 Å². The summed E-state index contributed by atoms with van der Waals surface area (Å²) in [6.45, 7) is 0. The molecule has 0 atom stereocenters. The molecule has 0 heterocycles. The zero-order valence-corrected chi connectivity index (χ0v) is 10.6. The quantitative estimate of drug-likeness (QED) is 0.444. The van der Waals surface area contributed by atoms with Crippen LogP contribution in [-0.4, -0.2) is 23.8 Å². The van der Waals surface area contributed by atoms with Crippen LogP contribution in [0.3, 0.4) is 0 Å². The van der Waals surface area contributed by atoms with Gasteiger partial charge in [-0.1, -0.05) is 6.07 Å². The van der Waals surface area contributed by atoms with E-state index in [-0.39, 0.29) is 11.9 Å². The number of rotatable bonds is 4. The van der Waals surface area contributed by atoms with E-state index in [9.17, 15) is 4.79 Å². The van der Waals surface area contributed by atoms with Crippen molar-refractivity contribution in [3.8, 4) is 0 Å². The third-order valence-electron chi connectivity index (χ3n) is 2.43. The molecule has 0 unspecified atom stereocenters. The molecule has 0 radical (unpaired) electrons. The maximum atomic E-state index is 11.5. The lowest BCUT2D eigenvalue weighted by Gasteiger charge is -2.07. The van der Waals surface area contributed by atoms with E-state index in [4.69, 9.17) is 17.3 Å². The molecular weight excluding hydrogens is 252 g/mol. The van der Waals surface area contributed by atoms with E-state index in [1.807, 2.05) is 0 Å². The summed E-state index contributed by atoms with van der Waals surface area (Å²) >= 11 is 5.55. The number of aliphatic imine (C=N–C) groups is 1. The molecule has 0 bridgehead atoms. The van der Waals surface area contributed by atoms with Gasteiger partial charge < -0.3 is 16.4 Å². The van der Waals surface area contributed by atoms with Gasteiger partial charge >= 0.3 is 6.03 Å². The average molecular weight is 267 g/mol. The summed E-state index contributed by atoms with van der Waals surface area (Å²) in [4.78, 5) is 15.7. The van der Waals surface area contributed by atoms with Gasteiger partial charge in [0.25, 0.3) is 0 Å². The highest BCUT2D eigenvalue weighted by Crippen LogP contribution is 2.20. The lowest BCUT2D eigenvalue weighted by Crippen LogP contribution is -2.30. The second-order valence-electron chi connectivity index (χ2n) is 4.16. The van der Waals surface area contributed by atoms with Gasteiger partial charge in [0.05, 0.1) is 11.6 Å². The summed E-state index contributed by atoms with van der Waals surface area (Å²) < 4.78 is 0. The van der Waals surface area contributed by atoms with Crippen molar-refractivity contribution in [1.82, 2.24) is 5.32 Å². The average Bonchev–Trinajstić information content (AvgIpc) is 3.13. The van der Waals surface area contributed by atoms with Gasteiger partial charge in [0.1, 0.15) is 5.84 Å². The first-order valence-corrected chi connectivity index (χ1v) is 6.27. The Labute approximate surface area is 110 Å². The van der Waals surface area contributed by atoms with E-state index in [1.54, 1.807) is 24.3 Å². The minimum absolute atomic E-state index is 0.180. The molecule has 0 saturated heterocycles. The van der Waals surface area contributed by atoms with Crippen molar-refractivity contribution in [2.24, 2.45) is 10.7 Å². The number of nitrogens with one attached hydrogen (secondary N) is 2. The summed E-state index contributed by atoms with van der Waals surface area (Å²) in [5.41, 5.74) is 6.89. The van der Waals surface area contributed by atoms with Crippen molar-refractivity contribution in [3.63, 3.8) is 0 Å². The van der Waals surface area contributed by atoms with Crippen LogP contribution in [0.1, 0.15) is 12.8 Å². The van der Waals surface area contributed by atoms with Crippen LogP contribution in [0.4, 0.5) is 16.2 Å². The summed E-state index contributed by atoms with van der Waals surface area (Å²) in [6, 6.07) is 7.27. The molecule has 2 amide bonds. The summed E-state index contributed by atoms with van der Waals surface area (Å²) in [6.07, 6.45) is 2.12. The van der Waals surface area contributed by atoms with Gasteiger partial charge in [-0.05, 0) is 31.0 Å². The Bertz CT molecular complexity index is 471. The number of anilines is 1. The number of amidine groups is 1. The molecule has 4 N–H and O–H groups in total. The molecule has 5 nitrogen and oxygen atoms in total. The number of carbonyl (C=O) groups is 1.